The van der Waals surface area contributed by atoms with Gasteiger partial charge in [0.2, 0.25) is 10.0 Å². The topological polar surface area (TPSA) is 111 Å². The van der Waals surface area contributed by atoms with Gasteiger partial charge in [-0.3, -0.25) is 9.59 Å². The summed E-state index contributed by atoms with van der Waals surface area (Å²) < 4.78 is 60.3. The Morgan fingerprint density at radius 3 is 2.28 bits per heavy atom. The quantitative estimate of drug-likeness (QED) is 0.363. The van der Waals surface area contributed by atoms with Gasteiger partial charge in [0.15, 0.2) is 0 Å². The number of hydrogen-bond acceptors (Lipinski definition) is 6. The van der Waals surface area contributed by atoms with E-state index in [9.17, 15) is 26.8 Å². The maximum Gasteiger partial charge on any atom is 0.387 e. The fraction of sp³-hybridized carbons (Fsp3) is 0.360. The van der Waals surface area contributed by atoms with Crippen LogP contribution < -0.4 is 19.5 Å². The van der Waals surface area contributed by atoms with E-state index in [0.29, 0.717) is 17.9 Å². The molecule has 0 radical (unpaired) electrons. The summed E-state index contributed by atoms with van der Waals surface area (Å²) in [6.07, 6.45) is 2.85. The Bertz CT molecular complexity index is 1240. The highest BCUT2D eigenvalue weighted by atomic mass is 32.2. The molecule has 1 atom stereocenters. The Kier molecular flexibility index (Phi) is 8.34. The van der Waals surface area contributed by atoms with Crippen LogP contribution in [0.15, 0.2) is 54.1 Å². The number of hydrogen-bond donors (Lipinski definition) is 2. The highest BCUT2D eigenvalue weighted by Crippen LogP contribution is 2.39. The lowest BCUT2D eigenvalue weighted by atomic mass is 9.78. The van der Waals surface area contributed by atoms with Crippen molar-refractivity contribution in [3.63, 3.8) is 0 Å². The molecule has 0 saturated heterocycles. The average Bonchev–Trinajstić information content (AvgIpc) is 2.78. The fourth-order valence-electron chi connectivity index (χ4n) is 3.91. The number of alkyl halides is 2. The Hall–Kier alpha value is -3.47. The van der Waals surface area contributed by atoms with E-state index in [4.69, 9.17) is 4.74 Å². The van der Waals surface area contributed by atoms with Crippen LogP contribution in [0.5, 0.6) is 11.5 Å². The maximum absolute atomic E-state index is 13.2. The van der Waals surface area contributed by atoms with Gasteiger partial charge < -0.3 is 14.8 Å². The predicted molar refractivity (Wildman–Crippen MR) is 130 cm³/mol. The number of halogens is 2. The van der Waals surface area contributed by atoms with Crippen LogP contribution in [0.3, 0.4) is 0 Å². The van der Waals surface area contributed by atoms with Crippen LogP contribution >= 0.6 is 0 Å². The fourth-order valence-corrected chi connectivity index (χ4v) is 4.35. The molecule has 0 bridgehead atoms. The van der Waals surface area contributed by atoms with Crippen LogP contribution in [0.1, 0.15) is 44.2 Å². The third-order valence-electron chi connectivity index (χ3n) is 5.64. The molecule has 0 fully saturated rings. The first kappa shape index (κ1) is 27.1. The standard InChI is InChI=1S/C25H28F2N2O6S/c1-4-5-14-34-18-12-8-17(9-13-18)25(2)15-20(16-6-10-19(11-7-16)35-24(26)27)21(22(30)28-25)23(31)29-36(3,32)33/h6-13,24H,4-5,14-15H2,1-3H3,(H,28,30)(H,29,31)/t25-/m0/s1. The van der Waals surface area contributed by atoms with Crippen LogP contribution in [0.4, 0.5) is 8.78 Å². The van der Waals surface area contributed by atoms with E-state index in [0.717, 1.165) is 24.7 Å². The maximum atomic E-state index is 13.2. The minimum Gasteiger partial charge on any atom is -0.494 e. The smallest absolute Gasteiger partial charge is 0.387 e. The monoisotopic (exact) mass is 522 g/mol. The summed E-state index contributed by atoms with van der Waals surface area (Å²) in [7, 11) is -3.95. The highest BCUT2D eigenvalue weighted by molar-refractivity contribution is 7.89. The van der Waals surface area contributed by atoms with Gasteiger partial charge in [0.25, 0.3) is 11.8 Å². The van der Waals surface area contributed by atoms with Gasteiger partial charge in [0.05, 0.1) is 18.4 Å². The molecule has 1 aliphatic rings. The van der Waals surface area contributed by atoms with E-state index >= 15 is 0 Å². The molecule has 194 valence electrons. The largest absolute Gasteiger partial charge is 0.494 e. The van der Waals surface area contributed by atoms with Crippen molar-refractivity contribution in [1.29, 1.82) is 0 Å². The van der Waals surface area contributed by atoms with Crippen molar-refractivity contribution >= 4 is 27.4 Å². The van der Waals surface area contributed by atoms with Crippen molar-refractivity contribution in [3.8, 4) is 11.5 Å². The van der Waals surface area contributed by atoms with E-state index in [-0.39, 0.29) is 23.3 Å². The SMILES string of the molecule is CCCCOc1ccc([C@]2(C)CC(c3ccc(OC(F)F)cc3)=C(C(=O)NS(C)(=O)=O)C(=O)N2)cc1. The molecule has 0 spiro atoms. The van der Waals surface area contributed by atoms with Gasteiger partial charge in [-0.05, 0) is 54.3 Å². The van der Waals surface area contributed by atoms with Gasteiger partial charge in [0, 0.05) is 6.42 Å². The third-order valence-corrected chi connectivity index (χ3v) is 6.20. The first-order valence-corrected chi connectivity index (χ1v) is 13.2. The molecule has 36 heavy (non-hydrogen) atoms. The van der Waals surface area contributed by atoms with Gasteiger partial charge in [-0.25, -0.2) is 13.1 Å². The Balaban J connectivity index is 2.00. The van der Waals surface area contributed by atoms with Crippen LogP contribution in [-0.4, -0.2) is 39.7 Å². The van der Waals surface area contributed by atoms with Gasteiger partial charge in [-0.15, -0.1) is 0 Å². The molecule has 0 aliphatic carbocycles. The van der Waals surface area contributed by atoms with Gasteiger partial charge in [0.1, 0.15) is 17.1 Å². The molecule has 11 heteroatoms. The third kappa shape index (κ3) is 6.81. The van der Waals surface area contributed by atoms with Gasteiger partial charge in [-0.1, -0.05) is 37.6 Å². The normalized spacial score (nSPS) is 18.1. The summed E-state index contributed by atoms with van der Waals surface area (Å²) in [5.41, 5.74) is 0.0444. The molecular weight excluding hydrogens is 494 g/mol. The predicted octanol–water partition coefficient (Wildman–Crippen LogP) is 3.73. The van der Waals surface area contributed by atoms with E-state index in [2.05, 4.69) is 17.0 Å². The van der Waals surface area contributed by atoms with Crippen molar-refractivity contribution in [1.82, 2.24) is 10.0 Å². The number of rotatable bonds is 10. The number of carbonyl (C=O) groups is 2. The molecule has 2 aromatic carbocycles. The molecule has 3 rings (SSSR count). The second-order valence-corrected chi connectivity index (χ2v) is 10.4. The molecule has 0 aromatic heterocycles. The summed E-state index contributed by atoms with van der Waals surface area (Å²) in [6, 6.07) is 12.6. The first-order chi connectivity index (χ1) is 16.9. The molecule has 8 nitrogen and oxygen atoms in total. The summed E-state index contributed by atoms with van der Waals surface area (Å²) in [5, 5.41) is 2.82. The summed E-state index contributed by atoms with van der Waals surface area (Å²) in [6.45, 7) is 1.41. The molecule has 2 aromatic rings. The average molecular weight is 523 g/mol. The lowest BCUT2D eigenvalue weighted by molar-refractivity contribution is -0.124. The molecule has 0 unspecified atom stereocenters. The van der Waals surface area contributed by atoms with Gasteiger partial charge >= 0.3 is 6.61 Å². The molecule has 0 saturated carbocycles. The van der Waals surface area contributed by atoms with Gasteiger partial charge in [-0.2, -0.15) is 8.78 Å². The Morgan fingerprint density at radius 1 is 1.11 bits per heavy atom. The molecular formula is C25H28F2N2O6S. The zero-order valence-electron chi connectivity index (χ0n) is 20.1. The minimum atomic E-state index is -3.95. The number of nitrogens with one attached hydrogen (secondary N) is 2. The summed E-state index contributed by atoms with van der Waals surface area (Å²) in [5.74, 6) is -1.27. The second kappa shape index (κ2) is 11.1. The van der Waals surface area contributed by atoms with E-state index in [1.54, 1.807) is 31.2 Å². The number of carbonyl (C=O) groups excluding carboxylic acids is 2. The van der Waals surface area contributed by atoms with Crippen molar-refractivity contribution < 1.29 is 36.3 Å². The first-order valence-electron chi connectivity index (χ1n) is 11.3. The Morgan fingerprint density at radius 2 is 1.72 bits per heavy atom. The van der Waals surface area contributed by atoms with E-state index in [1.807, 2.05) is 4.72 Å². The lowest BCUT2D eigenvalue weighted by Gasteiger charge is -2.37. The summed E-state index contributed by atoms with van der Waals surface area (Å²) in [4.78, 5) is 26.0. The zero-order valence-corrected chi connectivity index (χ0v) is 21.0. The lowest BCUT2D eigenvalue weighted by Crippen LogP contribution is -2.50. The van der Waals surface area contributed by atoms with Crippen molar-refractivity contribution in [3.05, 3.63) is 65.2 Å². The molecule has 1 heterocycles. The van der Waals surface area contributed by atoms with Crippen LogP contribution in [0, 0.1) is 0 Å². The second-order valence-electron chi connectivity index (χ2n) is 8.65. The number of unbranched alkanes of at least 4 members (excludes halogenated alkanes) is 1. The summed E-state index contributed by atoms with van der Waals surface area (Å²) >= 11 is 0. The number of sulfonamides is 1. The highest BCUT2D eigenvalue weighted by Gasteiger charge is 2.40. The molecule has 2 N–H and O–H groups in total. The molecule has 2 amide bonds. The molecule has 1 aliphatic heterocycles. The van der Waals surface area contributed by atoms with Crippen LogP contribution in [0.2, 0.25) is 0 Å². The Labute approximate surface area is 208 Å². The van der Waals surface area contributed by atoms with Crippen LogP contribution in [0.25, 0.3) is 5.57 Å². The van der Waals surface area contributed by atoms with Crippen molar-refractivity contribution in [2.75, 3.05) is 12.9 Å². The van der Waals surface area contributed by atoms with E-state index < -0.39 is 34.0 Å². The van der Waals surface area contributed by atoms with E-state index in [1.165, 1.54) is 24.3 Å². The van der Waals surface area contributed by atoms with Crippen molar-refractivity contribution in [2.45, 2.75) is 45.3 Å². The minimum absolute atomic E-state index is 0.0989. The van der Waals surface area contributed by atoms with Crippen molar-refractivity contribution in [2.24, 2.45) is 0 Å². The zero-order chi connectivity index (χ0) is 26.5. The number of ether oxygens (including phenoxy) is 2. The number of benzene rings is 2. The number of amides is 2. The van der Waals surface area contributed by atoms with Crippen LogP contribution in [-0.2, 0) is 25.2 Å².